The topological polar surface area (TPSA) is 21.3 Å². The quantitative estimate of drug-likeness (QED) is 0.825. The van der Waals surface area contributed by atoms with E-state index >= 15 is 0 Å². The summed E-state index contributed by atoms with van der Waals surface area (Å²) in [5.74, 6) is 0.882. The predicted octanol–water partition coefficient (Wildman–Crippen LogP) is 3.97. The van der Waals surface area contributed by atoms with E-state index in [0.29, 0.717) is 0 Å². The van der Waals surface area contributed by atoms with Crippen LogP contribution in [-0.4, -0.2) is 18.6 Å². The zero-order chi connectivity index (χ0) is 14.4. The summed E-state index contributed by atoms with van der Waals surface area (Å²) in [6, 6.07) is 16.1. The first-order valence-electron chi connectivity index (χ1n) is 6.36. The van der Waals surface area contributed by atoms with Crippen LogP contribution in [0.2, 0.25) is 0 Å². The molecule has 4 heteroatoms. The number of methoxy groups -OCH3 is 1. The molecule has 0 saturated carbocycles. The number of halogens is 1. The minimum atomic E-state index is 0.783. The van der Waals surface area contributed by atoms with Gasteiger partial charge in [0, 0.05) is 16.6 Å². The normalized spacial score (nSPS) is 10.1. The van der Waals surface area contributed by atoms with Gasteiger partial charge in [0.2, 0.25) is 0 Å². The molecular weight excluding hydrogens is 334 g/mol. The number of thiocarbonyl (C=S) groups is 1. The van der Waals surface area contributed by atoms with Crippen molar-refractivity contribution in [2.75, 3.05) is 13.7 Å². The van der Waals surface area contributed by atoms with E-state index in [1.54, 1.807) is 7.11 Å². The van der Waals surface area contributed by atoms with E-state index in [4.69, 9.17) is 17.0 Å². The average Bonchev–Trinajstić information content (AvgIpc) is 2.48. The Kier molecular flexibility index (Phi) is 5.56. The summed E-state index contributed by atoms with van der Waals surface area (Å²) in [4.78, 5) is 0.783. The molecule has 0 atom stereocenters. The largest absolute Gasteiger partial charge is 0.497 e. The summed E-state index contributed by atoms with van der Waals surface area (Å²) < 4.78 is 6.20. The fraction of sp³-hybridized carbons (Fsp3) is 0.188. The average molecular weight is 350 g/mol. The van der Waals surface area contributed by atoms with Gasteiger partial charge < -0.3 is 10.1 Å². The lowest BCUT2D eigenvalue weighted by Gasteiger charge is -2.08. The number of hydrogen-bond donors (Lipinski definition) is 1. The van der Waals surface area contributed by atoms with Gasteiger partial charge in [-0.3, -0.25) is 0 Å². The molecule has 0 fully saturated rings. The third-order valence-electron chi connectivity index (χ3n) is 2.96. The molecule has 0 radical (unpaired) electrons. The Morgan fingerprint density at radius 3 is 2.35 bits per heavy atom. The zero-order valence-corrected chi connectivity index (χ0v) is 13.6. The molecule has 0 aliphatic heterocycles. The van der Waals surface area contributed by atoms with Gasteiger partial charge in [-0.25, -0.2) is 0 Å². The van der Waals surface area contributed by atoms with Crippen molar-refractivity contribution < 1.29 is 4.74 Å². The molecule has 20 heavy (non-hydrogen) atoms. The second kappa shape index (κ2) is 7.41. The maximum Gasteiger partial charge on any atom is 0.118 e. The summed E-state index contributed by atoms with van der Waals surface area (Å²) in [5, 5.41) is 3.28. The fourth-order valence-electron chi connectivity index (χ4n) is 1.82. The Labute approximate surface area is 133 Å². The number of benzene rings is 2. The minimum Gasteiger partial charge on any atom is -0.497 e. The van der Waals surface area contributed by atoms with Crippen molar-refractivity contribution in [1.82, 2.24) is 5.32 Å². The first kappa shape index (κ1) is 15.0. The van der Waals surface area contributed by atoms with Gasteiger partial charge in [0.1, 0.15) is 10.7 Å². The summed E-state index contributed by atoms with van der Waals surface area (Å²) in [6.45, 7) is 0.821. The lowest BCUT2D eigenvalue weighted by atomic mass is 10.1. The van der Waals surface area contributed by atoms with Gasteiger partial charge >= 0.3 is 0 Å². The van der Waals surface area contributed by atoms with Gasteiger partial charge in [-0.2, -0.15) is 0 Å². The highest BCUT2D eigenvalue weighted by atomic mass is 79.9. The molecule has 0 saturated heterocycles. The van der Waals surface area contributed by atoms with Gasteiger partial charge in [0.15, 0.2) is 0 Å². The smallest absolute Gasteiger partial charge is 0.118 e. The molecule has 0 unspecified atom stereocenters. The summed E-state index contributed by atoms with van der Waals surface area (Å²) in [6.07, 6.45) is 0.931. The number of nitrogens with one attached hydrogen (secondary N) is 1. The maximum absolute atomic E-state index is 5.37. The Hall–Kier alpha value is -1.39. The van der Waals surface area contributed by atoms with E-state index in [1.165, 1.54) is 5.56 Å². The Morgan fingerprint density at radius 2 is 1.75 bits per heavy atom. The molecule has 2 rings (SSSR count). The SMILES string of the molecule is COc1ccc(CCNC(=S)c2ccc(Br)cc2)cc1. The van der Waals surface area contributed by atoms with Crippen LogP contribution in [0.3, 0.4) is 0 Å². The highest BCUT2D eigenvalue weighted by Crippen LogP contribution is 2.12. The van der Waals surface area contributed by atoms with Crippen LogP contribution in [0, 0.1) is 0 Å². The van der Waals surface area contributed by atoms with E-state index in [0.717, 1.165) is 33.7 Å². The van der Waals surface area contributed by atoms with Gasteiger partial charge in [-0.1, -0.05) is 52.4 Å². The molecule has 2 aromatic carbocycles. The van der Waals surface area contributed by atoms with Gasteiger partial charge in [-0.05, 0) is 36.2 Å². The lowest BCUT2D eigenvalue weighted by molar-refractivity contribution is 0.414. The summed E-state index contributed by atoms with van der Waals surface area (Å²) in [7, 11) is 1.67. The molecule has 0 aliphatic carbocycles. The van der Waals surface area contributed by atoms with Gasteiger partial charge in [0.05, 0.1) is 7.11 Å². The van der Waals surface area contributed by atoms with Crippen LogP contribution in [0.5, 0.6) is 5.75 Å². The van der Waals surface area contributed by atoms with Crippen molar-refractivity contribution in [3.63, 3.8) is 0 Å². The molecule has 0 spiro atoms. The first-order chi connectivity index (χ1) is 9.69. The van der Waals surface area contributed by atoms with Crippen molar-refractivity contribution in [3.8, 4) is 5.75 Å². The molecule has 0 aliphatic rings. The van der Waals surface area contributed by atoms with Gasteiger partial charge in [-0.15, -0.1) is 0 Å². The second-order valence-corrected chi connectivity index (χ2v) is 5.68. The predicted molar refractivity (Wildman–Crippen MR) is 90.5 cm³/mol. The van der Waals surface area contributed by atoms with Crippen molar-refractivity contribution in [2.24, 2.45) is 0 Å². The van der Waals surface area contributed by atoms with E-state index in [1.807, 2.05) is 36.4 Å². The van der Waals surface area contributed by atoms with Crippen LogP contribution in [-0.2, 0) is 6.42 Å². The van der Waals surface area contributed by atoms with Crippen LogP contribution >= 0.6 is 28.1 Å². The summed E-state index contributed by atoms with van der Waals surface area (Å²) >= 11 is 8.79. The highest BCUT2D eigenvalue weighted by molar-refractivity contribution is 9.10. The minimum absolute atomic E-state index is 0.783. The molecule has 2 nitrogen and oxygen atoms in total. The van der Waals surface area contributed by atoms with Crippen molar-refractivity contribution in [2.45, 2.75) is 6.42 Å². The molecule has 0 aromatic heterocycles. The Bertz CT molecular complexity index is 566. The van der Waals surface area contributed by atoms with Crippen LogP contribution in [0.4, 0.5) is 0 Å². The third kappa shape index (κ3) is 4.32. The number of rotatable bonds is 5. The number of hydrogen-bond acceptors (Lipinski definition) is 2. The van der Waals surface area contributed by atoms with Crippen LogP contribution in [0.25, 0.3) is 0 Å². The van der Waals surface area contributed by atoms with Gasteiger partial charge in [0.25, 0.3) is 0 Å². The molecule has 0 heterocycles. The zero-order valence-electron chi connectivity index (χ0n) is 11.2. The maximum atomic E-state index is 5.37. The van der Waals surface area contributed by atoms with Crippen molar-refractivity contribution in [1.29, 1.82) is 0 Å². The van der Waals surface area contributed by atoms with Crippen LogP contribution in [0.15, 0.2) is 53.0 Å². The molecule has 1 N–H and O–H groups in total. The van der Waals surface area contributed by atoms with E-state index in [2.05, 4.69) is 33.4 Å². The highest BCUT2D eigenvalue weighted by Gasteiger charge is 2.00. The van der Waals surface area contributed by atoms with Crippen LogP contribution < -0.4 is 10.1 Å². The summed E-state index contributed by atoms with van der Waals surface area (Å²) in [5.41, 5.74) is 2.30. The molecule has 0 bridgehead atoms. The Morgan fingerprint density at radius 1 is 1.10 bits per heavy atom. The lowest BCUT2D eigenvalue weighted by Crippen LogP contribution is -2.24. The molecule has 0 amide bonds. The van der Waals surface area contributed by atoms with E-state index in [9.17, 15) is 0 Å². The third-order valence-corrected chi connectivity index (χ3v) is 3.87. The van der Waals surface area contributed by atoms with E-state index < -0.39 is 0 Å². The van der Waals surface area contributed by atoms with Crippen LogP contribution in [0.1, 0.15) is 11.1 Å². The number of ether oxygens (including phenoxy) is 1. The molecular formula is C16H16BrNOS. The van der Waals surface area contributed by atoms with Crippen molar-refractivity contribution >= 4 is 33.1 Å². The molecule has 104 valence electrons. The first-order valence-corrected chi connectivity index (χ1v) is 7.56. The van der Waals surface area contributed by atoms with E-state index in [-0.39, 0.29) is 0 Å². The Balaban J connectivity index is 1.82. The molecule has 2 aromatic rings. The van der Waals surface area contributed by atoms with Crippen molar-refractivity contribution in [3.05, 3.63) is 64.1 Å². The second-order valence-electron chi connectivity index (χ2n) is 4.36. The fourth-order valence-corrected chi connectivity index (χ4v) is 2.32. The monoisotopic (exact) mass is 349 g/mol. The standard InChI is InChI=1S/C16H16BrNOS/c1-19-15-8-2-12(3-9-15)10-11-18-16(20)13-4-6-14(17)7-5-13/h2-9H,10-11H2,1H3,(H,18,20).